The molecule has 1 N–H and O–H groups in total. The van der Waals surface area contributed by atoms with E-state index in [1.54, 1.807) is 0 Å². The molecule has 0 bridgehead atoms. The fraction of sp³-hybridized carbons (Fsp3) is 0.0833. The third kappa shape index (κ3) is 1.46. The Morgan fingerprint density at radius 1 is 1.43 bits per heavy atom. The second-order valence-corrected chi connectivity index (χ2v) is 3.35. The van der Waals surface area contributed by atoms with Gasteiger partial charge in [0.1, 0.15) is 0 Å². The monoisotopic (exact) mass is 186 g/mol. The summed E-state index contributed by atoms with van der Waals surface area (Å²) >= 11 is 0. The molecule has 2 rings (SSSR count). The number of carboxylic acid groups (broad SMARTS) is 1. The van der Waals surface area contributed by atoms with Crippen molar-refractivity contribution in [1.29, 1.82) is 0 Å². The SMILES string of the molecule is C=c1cc(CC(=O)O)cc2c1=CC=C2. The van der Waals surface area contributed by atoms with Crippen LogP contribution in [0.1, 0.15) is 11.1 Å². The van der Waals surface area contributed by atoms with Crippen LogP contribution < -0.4 is 10.4 Å². The fourth-order valence-electron chi connectivity index (χ4n) is 1.67. The Labute approximate surface area is 81.5 Å². The average molecular weight is 186 g/mol. The molecule has 1 aliphatic carbocycles. The van der Waals surface area contributed by atoms with E-state index in [9.17, 15) is 4.79 Å². The van der Waals surface area contributed by atoms with E-state index in [0.717, 1.165) is 21.6 Å². The molecule has 0 saturated carbocycles. The minimum atomic E-state index is -0.810. The van der Waals surface area contributed by atoms with Gasteiger partial charge in [-0.1, -0.05) is 36.9 Å². The molecule has 0 aliphatic heterocycles. The lowest BCUT2D eigenvalue weighted by Gasteiger charge is -1.99. The van der Waals surface area contributed by atoms with Crippen LogP contribution in [0.5, 0.6) is 0 Å². The summed E-state index contributed by atoms with van der Waals surface area (Å²) in [5, 5.41) is 10.6. The first-order chi connectivity index (χ1) is 6.66. The zero-order valence-electron chi connectivity index (χ0n) is 7.66. The van der Waals surface area contributed by atoms with Crippen molar-refractivity contribution in [3.63, 3.8) is 0 Å². The van der Waals surface area contributed by atoms with E-state index >= 15 is 0 Å². The van der Waals surface area contributed by atoms with Gasteiger partial charge in [0.25, 0.3) is 0 Å². The molecule has 70 valence electrons. The Morgan fingerprint density at radius 2 is 2.21 bits per heavy atom. The molecule has 0 saturated heterocycles. The summed E-state index contributed by atoms with van der Waals surface area (Å²) < 4.78 is 0. The first-order valence-electron chi connectivity index (χ1n) is 4.39. The van der Waals surface area contributed by atoms with Crippen molar-refractivity contribution in [2.24, 2.45) is 0 Å². The van der Waals surface area contributed by atoms with E-state index in [-0.39, 0.29) is 6.42 Å². The smallest absolute Gasteiger partial charge is 0.307 e. The predicted octanol–water partition coefficient (Wildman–Crippen LogP) is 0.531. The molecule has 0 amide bonds. The molecule has 0 fully saturated rings. The van der Waals surface area contributed by atoms with Crippen LogP contribution in [0.4, 0.5) is 0 Å². The van der Waals surface area contributed by atoms with E-state index < -0.39 is 5.97 Å². The van der Waals surface area contributed by atoms with Crippen LogP contribution in [-0.4, -0.2) is 11.1 Å². The lowest BCUT2D eigenvalue weighted by atomic mass is 10.1. The maximum absolute atomic E-state index is 10.5. The number of allylic oxidation sites excluding steroid dienone is 1. The lowest BCUT2D eigenvalue weighted by Crippen LogP contribution is -2.25. The van der Waals surface area contributed by atoms with E-state index in [0.29, 0.717) is 0 Å². The summed E-state index contributed by atoms with van der Waals surface area (Å²) in [5.41, 5.74) is 1.87. The molecule has 0 heterocycles. The van der Waals surface area contributed by atoms with E-state index in [2.05, 4.69) is 6.58 Å². The summed E-state index contributed by atoms with van der Waals surface area (Å²) in [5.74, 6) is -0.810. The summed E-state index contributed by atoms with van der Waals surface area (Å²) in [7, 11) is 0. The number of hydrogen-bond acceptors (Lipinski definition) is 1. The van der Waals surface area contributed by atoms with Crippen molar-refractivity contribution >= 4 is 24.7 Å². The summed E-state index contributed by atoms with van der Waals surface area (Å²) in [6, 6.07) is 3.73. The van der Waals surface area contributed by atoms with Gasteiger partial charge in [0.05, 0.1) is 6.42 Å². The minimum absolute atomic E-state index is 0.0592. The first-order valence-corrected chi connectivity index (χ1v) is 4.39. The Morgan fingerprint density at radius 3 is 2.93 bits per heavy atom. The van der Waals surface area contributed by atoms with Crippen molar-refractivity contribution in [3.05, 3.63) is 39.8 Å². The van der Waals surface area contributed by atoms with Gasteiger partial charge in [-0.25, -0.2) is 0 Å². The Bertz CT molecular complexity index is 524. The molecular weight excluding hydrogens is 176 g/mol. The van der Waals surface area contributed by atoms with Gasteiger partial charge in [-0.15, -0.1) is 0 Å². The predicted molar refractivity (Wildman–Crippen MR) is 56.1 cm³/mol. The third-order valence-corrected chi connectivity index (χ3v) is 2.25. The van der Waals surface area contributed by atoms with E-state index in [1.807, 2.05) is 30.4 Å². The normalized spacial score (nSPS) is 12.3. The van der Waals surface area contributed by atoms with Crippen LogP contribution >= 0.6 is 0 Å². The van der Waals surface area contributed by atoms with Crippen LogP contribution in [0.3, 0.4) is 0 Å². The zero-order chi connectivity index (χ0) is 10.1. The number of aliphatic carboxylic acids is 1. The van der Waals surface area contributed by atoms with Crippen molar-refractivity contribution in [2.75, 3.05) is 0 Å². The highest BCUT2D eigenvalue weighted by Crippen LogP contribution is 2.04. The molecule has 1 aliphatic rings. The standard InChI is InChI=1S/C12H10O2/c1-8-5-9(7-12(13)14)6-10-3-2-4-11(8)10/h2-6H,1,7H2,(H,13,14). The summed E-state index contributed by atoms with van der Waals surface area (Å²) in [4.78, 5) is 10.5. The van der Waals surface area contributed by atoms with Crippen LogP contribution in [0.25, 0.3) is 18.7 Å². The number of carbonyl (C=O) groups is 1. The highest BCUT2D eigenvalue weighted by molar-refractivity contribution is 5.72. The average Bonchev–Trinajstić information content (AvgIpc) is 2.50. The minimum Gasteiger partial charge on any atom is -0.481 e. The van der Waals surface area contributed by atoms with Crippen molar-refractivity contribution in [2.45, 2.75) is 6.42 Å². The number of rotatable bonds is 2. The number of fused-ring (bicyclic) bond motifs is 1. The second-order valence-electron chi connectivity index (χ2n) is 3.35. The van der Waals surface area contributed by atoms with E-state index in [1.165, 1.54) is 0 Å². The maximum Gasteiger partial charge on any atom is 0.307 e. The summed E-state index contributed by atoms with van der Waals surface area (Å²) in [6.07, 6.45) is 5.96. The zero-order valence-corrected chi connectivity index (χ0v) is 7.66. The molecule has 0 spiro atoms. The molecule has 0 unspecified atom stereocenters. The summed E-state index contributed by atoms with van der Waals surface area (Å²) in [6.45, 7) is 3.90. The van der Waals surface area contributed by atoms with Crippen molar-refractivity contribution in [3.8, 4) is 0 Å². The van der Waals surface area contributed by atoms with Gasteiger partial charge < -0.3 is 5.11 Å². The highest BCUT2D eigenvalue weighted by Gasteiger charge is 2.04. The van der Waals surface area contributed by atoms with Crippen LogP contribution in [-0.2, 0) is 11.2 Å². The maximum atomic E-state index is 10.5. The number of benzene rings is 1. The molecule has 2 heteroatoms. The molecule has 1 aromatic rings. The Balaban J connectivity index is 2.54. The Kier molecular flexibility index (Phi) is 1.97. The fourth-order valence-corrected chi connectivity index (χ4v) is 1.67. The topological polar surface area (TPSA) is 37.3 Å². The third-order valence-electron chi connectivity index (χ3n) is 2.25. The second kappa shape index (κ2) is 3.14. The lowest BCUT2D eigenvalue weighted by molar-refractivity contribution is -0.136. The van der Waals surface area contributed by atoms with Gasteiger partial charge >= 0.3 is 5.97 Å². The highest BCUT2D eigenvalue weighted by atomic mass is 16.4. The molecule has 1 aromatic carbocycles. The van der Waals surface area contributed by atoms with Crippen molar-refractivity contribution in [1.82, 2.24) is 0 Å². The van der Waals surface area contributed by atoms with Crippen LogP contribution in [0.15, 0.2) is 18.2 Å². The number of carboxylic acids is 1. The Hall–Kier alpha value is -1.83. The van der Waals surface area contributed by atoms with Crippen molar-refractivity contribution < 1.29 is 9.90 Å². The van der Waals surface area contributed by atoms with Crippen LogP contribution in [0.2, 0.25) is 0 Å². The largest absolute Gasteiger partial charge is 0.481 e. The van der Waals surface area contributed by atoms with E-state index in [4.69, 9.17) is 5.11 Å². The molecule has 2 nitrogen and oxygen atoms in total. The molecular formula is C12H10O2. The number of hydrogen-bond donors (Lipinski definition) is 1. The van der Waals surface area contributed by atoms with Crippen LogP contribution in [0, 0.1) is 0 Å². The van der Waals surface area contributed by atoms with Gasteiger partial charge in [-0.2, -0.15) is 0 Å². The van der Waals surface area contributed by atoms with Gasteiger partial charge in [0.15, 0.2) is 0 Å². The molecule has 0 atom stereocenters. The van der Waals surface area contributed by atoms with Gasteiger partial charge in [-0.05, 0) is 21.6 Å². The molecule has 14 heavy (non-hydrogen) atoms. The first kappa shape index (κ1) is 8.75. The van der Waals surface area contributed by atoms with Gasteiger partial charge in [-0.3, -0.25) is 4.79 Å². The molecule has 0 aromatic heterocycles. The van der Waals surface area contributed by atoms with Gasteiger partial charge in [0, 0.05) is 0 Å². The quantitative estimate of drug-likeness (QED) is 0.731. The molecule has 0 radical (unpaired) electrons. The van der Waals surface area contributed by atoms with Gasteiger partial charge in [0.2, 0.25) is 0 Å².